The van der Waals surface area contributed by atoms with E-state index >= 15 is 0 Å². The molecule has 1 fully saturated rings. The van der Waals surface area contributed by atoms with Gasteiger partial charge in [-0.05, 0) is 17.7 Å². The Hall–Kier alpha value is -2.06. The lowest BCUT2D eigenvalue weighted by Gasteiger charge is -2.34. The third kappa shape index (κ3) is 3.43. The second kappa shape index (κ2) is 7.28. The highest BCUT2D eigenvalue weighted by Crippen LogP contribution is 2.31. The van der Waals surface area contributed by atoms with Gasteiger partial charge in [-0.1, -0.05) is 30.3 Å². The first kappa shape index (κ1) is 17.4. The number of pyridine rings is 1. The highest BCUT2D eigenvalue weighted by molar-refractivity contribution is 7.99. The van der Waals surface area contributed by atoms with E-state index in [-0.39, 0.29) is 0 Å². The van der Waals surface area contributed by atoms with Gasteiger partial charge in [0, 0.05) is 24.6 Å². The maximum Gasteiger partial charge on any atom is 0.180 e. The average molecular weight is 372 g/mol. The molecule has 1 aliphatic rings. The monoisotopic (exact) mass is 372 g/mol. The predicted octanol–water partition coefficient (Wildman–Crippen LogP) is 1.46. The molecular weight excluding hydrogens is 352 g/mol. The van der Waals surface area contributed by atoms with Crippen LogP contribution in [0.5, 0.6) is 5.75 Å². The summed E-state index contributed by atoms with van der Waals surface area (Å²) in [7, 11) is 0. The topological polar surface area (TPSA) is 87.2 Å². The van der Waals surface area contributed by atoms with Crippen molar-refractivity contribution in [1.82, 2.24) is 9.38 Å². The summed E-state index contributed by atoms with van der Waals surface area (Å²) in [5.74, 6) is 0.839. The molecule has 0 amide bonds. The number of nitrogens with zero attached hydrogens (tertiary/aromatic N) is 2. The zero-order valence-electron chi connectivity index (χ0n) is 14.0. The van der Waals surface area contributed by atoms with Crippen LogP contribution in [0.15, 0.2) is 54.9 Å². The lowest BCUT2D eigenvalue weighted by molar-refractivity contribution is -0.0784. The summed E-state index contributed by atoms with van der Waals surface area (Å²) in [4.78, 5) is 4.67. The van der Waals surface area contributed by atoms with Gasteiger partial charge in [-0.2, -0.15) is 0 Å². The highest BCUT2D eigenvalue weighted by Gasteiger charge is 2.38. The number of ether oxygens (including phenoxy) is 1. The molecule has 4 atom stereocenters. The Morgan fingerprint density at radius 1 is 1.08 bits per heavy atom. The van der Waals surface area contributed by atoms with E-state index in [1.165, 1.54) is 17.3 Å². The number of rotatable bonds is 4. The van der Waals surface area contributed by atoms with Crippen molar-refractivity contribution in [2.75, 3.05) is 5.75 Å². The third-order valence-electron chi connectivity index (χ3n) is 4.42. The van der Waals surface area contributed by atoms with E-state index < -0.39 is 23.7 Å². The van der Waals surface area contributed by atoms with E-state index in [9.17, 15) is 15.3 Å². The van der Waals surface area contributed by atoms with Gasteiger partial charge in [-0.3, -0.25) is 0 Å². The summed E-state index contributed by atoms with van der Waals surface area (Å²) < 4.78 is 7.81. The first-order valence-electron chi connectivity index (χ1n) is 8.45. The molecular formula is C19H20N2O4S. The molecule has 136 valence electrons. The van der Waals surface area contributed by atoms with Crippen molar-refractivity contribution in [2.24, 2.45) is 0 Å². The van der Waals surface area contributed by atoms with Gasteiger partial charge in [0.2, 0.25) is 0 Å². The molecule has 1 aromatic carbocycles. The van der Waals surface area contributed by atoms with Crippen molar-refractivity contribution >= 4 is 17.4 Å². The molecule has 0 radical (unpaired) electrons. The first-order chi connectivity index (χ1) is 12.6. The zero-order valence-corrected chi connectivity index (χ0v) is 14.8. The van der Waals surface area contributed by atoms with Gasteiger partial charge >= 0.3 is 0 Å². The Morgan fingerprint density at radius 2 is 1.88 bits per heavy atom. The lowest BCUT2D eigenvalue weighted by atomic mass is 10.1. The maximum atomic E-state index is 10.2. The predicted molar refractivity (Wildman–Crippen MR) is 99.3 cm³/mol. The Morgan fingerprint density at radius 3 is 2.69 bits per heavy atom. The molecule has 6 nitrogen and oxygen atoms in total. The molecule has 0 spiro atoms. The van der Waals surface area contributed by atoms with Gasteiger partial charge in [0.05, 0.1) is 11.8 Å². The molecule has 3 heterocycles. The molecule has 1 aliphatic heterocycles. The average Bonchev–Trinajstić information content (AvgIpc) is 3.06. The molecule has 0 saturated carbocycles. The van der Waals surface area contributed by atoms with Gasteiger partial charge in [0.1, 0.15) is 12.2 Å². The van der Waals surface area contributed by atoms with E-state index in [2.05, 4.69) is 17.1 Å². The van der Waals surface area contributed by atoms with Crippen molar-refractivity contribution in [1.29, 1.82) is 0 Å². The Labute approximate surface area is 155 Å². The molecule has 0 bridgehead atoms. The van der Waals surface area contributed by atoms with Gasteiger partial charge in [-0.15, -0.1) is 11.8 Å². The van der Waals surface area contributed by atoms with Crippen LogP contribution in [0.4, 0.5) is 0 Å². The second-order valence-electron chi connectivity index (χ2n) is 6.37. The van der Waals surface area contributed by atoms with Gasteiger partial charge in [-0.25, -0.2) is 4.98 Å². The number of aromatic nitrogens is 2. The van der Waals surface area contributed by atoms with Crippen LogP contribution in [0, 0.1) is 0 Å². The van der Waals surface area contributed by atoms with Crippen LogP contribution in [-0.4, -0.2) is 54.2 Å². The van der Waals surface area contributed by atoms with Gasteiger partial charge in [0.15, 0.2) is 16.8 Å². The van der Waals surface area contributed by atoms with E-state index in [1.807, 2.05) is 41.1 Å². The minimum atomic E-state index is -1.21. The SMILES string of the molecule is O[C@@H]1[C@@H](O)[C@H](Oc2cccn3cc(Cc4ccccc4)nc23)SC[C@H]1O. The van der Waals surface area contributed by atoms with Gasteiger partial charge in [0.25, 0.3) is 0 Å². The number of aliphatic hydroxyl groups is 3. The van der Waals surface area contributed by atoms with Crippen molar-refractivity contribution < 1.29 is 20.1 Å². The van der Waals surface area contributed by atoms with E-state index in [4.69, 9.17) is 4.74 Å². The number of fused-ring (bicyclic) bond motifs is 1. The minimum Gasteiger partial charge on any atom is -0.473 e. The van der Waals surface area contributed by atoms with Crippen LogP contribution in [0.2, 0.25) is 0 Å². The molecule has 1 saturated heterocycles. The van der Waals surface area contributed by atoms with E-state index in [1.54, 1.807) is 6.07 Å². The standard InChI is InChI=1S/C19H20N2O4S/c22-14-11-26-19(17(24)16(14)23)25-15-7-4-8-21-10-13(20-18(15)21)9-12-5-2-1-3-6-12/h1-8,10,14,16-17,19,22-24H,9,11H2/t14-,16+,17-,19-/m1/s1. The molecule has 0 unspecified atom stereocenters. The summed E-state index contributed by atoms with van der Waals surface area (Å²) in [5.41, 5.74) is 2.09. The largest absolute Gasteiger partial charge is 0.473 e. The van der Waals surface area contributed by atoms with E-state index in [0.29, 0.717) is 23.6 Å². The number of hydrogen-bond acceptors (Lipinski definition) is 6. The summed E-state index contributed by atoms with van der Waals surface area (Å²) in [5, 5.41) is 29.7. The molecule has 0 aliphatic carbocycles. The number of benzene rings is 1. The normalized spacial score (nSPS) is 26.1. The highest BCUT2D eigenvalue weighted by atomic mass is 32.2. The van der Waals surface area contributed by atoms with Crippen molar-refractivity contribution in [3.63, 3.8) is 0 Å². The van der Waals surface area contributed by atoms with Crippen LogP contribution in [-0.2, 0) is 6.42 Å². The number of imidazole rings is 1. The fourth-order valence-corrected chi connectivity index (χ4v) is 4.14. The quantitative estimate of drug-likeness (QED) is 0.643. The van der Waals surface area contributed by atoms with Crippen LogP contribution in [0.1, 0.15) is 11.3 Å². The van der Waals surface area contributed by atoms with Crippen LogP contribution in [0.25, 0.3) is 5.65 Å². The Kier molecular flexibility index (Phi) is 4.86. The van der Waals surface area contributed by atoms with Crippen LogP contribution >= 0.6 is 11.8 Å². The first-order valence-corrected chi connectivity index (χ1v) is 9.49. The van der Waals surface area contributed by atoms with Gasteiger partial charge < -0.3 is 24.5 Å². The fourth-order valence-electron chi connectivity index (χ4n) is 3.03. The minimum absolute atomic E-state index is 0.305. The molecule has 7 heteroatoms. The molecule has 3 aromatic rings. The molecule has 4 rings (SSSR count). The fraction of sp³-hybridized carbons (Fsp3) is 0.316. The zero-order chi connectivity index (χ0) is 18.1. The third-order valence-corrected chi connectivity index (χ3v) is 5.66. The second-order valence-corrected chi connectivity index (χ2v) is 7.50. The van der Waals surface area contributed by atoms with Crippen molar-refractivity contribution in [3.05, 3.63) is 66.1 Å². The van der Waals surface area contributed by atoms with Crippen LogP contribution < -0.4 is 4.74 Å². The van der Waals surface area contributed by atoms with Crippen molar-refractivity contribution in [3.8, 4) is 5.75 Å². The molecule has 3 N–H and O–H groups in total. The smallest absolute Gasteiger partial charge is 0.180 e. The Balaban J connectivity index is 1.58. The van der Waals surface area contributed by atoms with Crippen molar-refractivity contribution in [2.45, 2.75) is 30.2 Å². The molecule has 26 heavy (non-hydrogen) atoms. The summed E-state index contributed by atoms with van der Waals surface area (Å²) in [6.45, 7) is 0. The van der Waals surface area contributed by atoms with E-state index in [0.717, 1.165) is 5.69 Å². The molecule has 2 aromatic heterocycles. The number of thioether (sulfide) groups is 1. The lowest BCUT2D eigenvalue weighted by Crippen LogP contribution is -2.50. The van der Waals surface area contributed by atoms with Crippen LogP contribution in [0.3, 0.4) is 0 Å². The summed E-state index contributed by atoms with van der Waals surface area (Å²) in [6.07, 6.45) is 1.24. The number of hydrogen-bond donors (Lipinski definition) is 3. The maximum absolute atomic E-state index is 10.2. The Bertz CT molecular complexity index is 886. The summed E-state index contributed by atoms with van der Waals surface area (Å²) in [6, 6.07) is 13.7. The number of aliphatic hydroxyl groups excluding tert-OH is 3. The summed E-state index contributed by atoms with van der Waals surface area (Å²) >= 11 is 1.28.